The SMILES string of the molecule is CN=C(NCC(c1cccs1)N1CCOCC1)NCC1(c2ccccc2)CCOCC1.I. The quantitative estimate of drug-likeness (QED) is 0.303. The lowest BCUT2D eigenvalue weighted by molar-refractivity contribution is 0.0177. The number of hydrogen-bond acceptors (Lipinski definition) is 5. The van der Waals surface area contributed by atoms with Crippen LogP contribution in [0.2, 0.25) is 0 Å². The Morgan fingerprint density at radius 3 is 2.41 bits per heavy atom. The van der Waals surface area contributed by atoms with E-state index in [4.69, 9.17) is 9.47 Å². The molecule has 0 aliphatic carbocycles. The molecule has 2 aliphatic rings. The van der Waals surface area contributed by atoms with Crippen LogP contribution in [0.4, 0.5) is 0 Å². The van der Waals surface area contributed by atoms with E-state index in [1.165, 1.54) is 10.4 Å². The Kier molecular flexibility index (Phi) is 10.2. The largest absolute Gasteiger partial charge is 0.381 e. The summed E-state index contributed by atoms with van der Waals surface area (Å²) in [4.78, 5) is 8.42. The fourth-order valence-electron chi connectivity index (χ4n) is 4.57. The van der Waals surface area contributed by atoms with Crippen molar-refractivity contribution >= 4 is 41.3 Å². The van der Waals surface area contributed by atoms with E-state index in [2.05, 4.69) is 68.4 Å². The third-order valence-corrected chi connectivity index (χ3v) is 7.45. The second-order valence-corrected chi connectivity index (χ2v) is 9.22. The molecule has 1 aromatic heterocycles. The van der Waals surface area contributed by atoms with Gasteiger partial charge in [0.1, 0.15) is 0 Å². The molecular weight excluding hydrogens is 535 g/mol. The molecule has 1 unspecified atom stereocenters. The highest BCUT2D eigenvalue weighted by Gasteiger charge is 2.34. The number of hydrogen-bond donors (Lipinski definition) is 2. The third kappa shape index (κ3) is 6.44. The maximum absolute atomic E-state index is 5.68. The van der Waals surface area contributed by atoms with E-state index in [1.807, 2.05) is 18.4 Å². The number of rotatable bonds is 7. The van der Waals surface area contributed by atoms with Crippen molar-refractivity contribution in [2.24, 2.45) is 4.99 Å². The summed E-state index contributed by atoms with van der Waals surface area (Å²) in [7, 11) is 1.85. The van der Waals surface area contributed by atoms with E-state index < -0.39 is 0 Å². The number of ether oxygens (including phenoxy) is 2. The van der Waals surface area contributed by atoms with Gasteiger partial charge in [0.05, 0.1) is 19.3 Å². The minimum Gasteiger partial charge on any atom is -0.381 e. The third-order valence-electron chi connectivity index (χ3n) is 6.47. The molecule has 1 atom stereocenters. The zero-order valence-corrected chi connectivity index (χ0v) is 21.9. The van der Waals surface area contributed by atoms with Gasteiger partial charge in [-0.1, -0.05) is 36.4 Å². The van der Waals surface area contributed by atoms with Gasteiger partial charge in [-0.15, -0.1) is 35.3 Å². The van der Waals surface area contributed by atoms with Crippen molar-refractivity contribution in [2.45, 2.75) is 24.3 Å². The van der Waals surface area contributed by atoms with Crippen molar-refractivity contribution in [3.05, 3.63) is 58.3 Å². The number of benzene rings is 1. The number of aliphatic imine (C=N–C) groups is 1. The Morgan fingerprint density at radius 2 is 1.75 bits per heavy atom. The molecule has 0 amide bonds. The fourth-order valence-corrected chi connectivity index (χ4v) is 5.43. The number of halogens is 1. The van der Waals surface area contributed by atoms with Crippen LogP contribution in [0.5, 0.6) is 0 Å². The van der Waals surface area contributed by atoms with E-state index in [0.717, 1.165) is 71.4 Å². The average molecular weight is 571 g/mol. The smallest absolute Gasteiger partial charge is 0.191 e. The molecule has 2 fully saturated rings. The molecule has 1 aromatic carbocycles. The molecule has 0 spiro atoms. The Balaban J connectivity index is 0.00000289. The standard InChI is InChI=1S/C24H34N4O2S.HI/c1-25-23(26-18-21(22-8-5-17-31-22)28-11-15-30-16-12-28)27-19-24(9-13-29-14-10-24)20-6-3-2-4-7-20;/h2-8,17,21H,9-16,18-19H2,1H3,(H2,25,26,27);1H. The molecule has 2 saturated heterocycles. The number of nitrogens with one attached hydrogen (secondary N) is 2. The predicted molar refractivity (Wildman–Crippen MR) is 142 cm³/mol. The summed E-state index contributed by atoms with van der Waals surface area (Å²) >= 11 is 1.82. The fraction of sp³-hybridized carbons (Fsp3) is 0.542. The van der Waals surface area contributed by atoms with Gasteiger partial charge in [-0.2, -0.15) is 0 Å². The maximum atomic E-state index is 5.68. The molecule has 32 heavy (non-hydrogen) atoms. The van der Waals surface area contributed by atoms with E-state index in [0.29, 0.717) is 6.04 Å². The van der Waals surface area contributed by atoms with Gasteiger partial charge in [0, 0.05) is 56.7 Å². The van der Waals surface area contributed by atoms with Crippen LogP contribution < -0.4 is 10.6 Å². The van der Waals surface area contributed by atoms with Gasteiger partial charge in [0.25, 0.3) is 0 Å². The molecule has 0 bridgehead atoms. The first-order chi connectivity index (χ1) is 15.3. The molecule has 0 radical (unpaired) electrons. The zero-order chi connectivity index (χ0) is 21.4. The van der Waals surface area contributed by atoms with Crippen molar-refractivity contribution in [3.8, 4) is 0 Å². The number of nitrogens with zero attached hydrogens (tertiary/aromatic N) is 2. The van der Waals surface area contributed by atoms with Crippen LogP contribution in [-0.2, 0) is 14.9 Å². The summed E-state index contributed by atoms with van der Waals surface area (Å²) in [5.41, 5.74) is 1.46. The van der Waals surface area contributed by atoms with Crippen LogP contribution >= 0.6 is 35.3 Å². The van der Waals surface area contributed by atoms with E-state index in [-0.39, 0.29) is 29.4 Å². The van der Waals surface area contributed by atoms with Crippen LogP contribution in [0.1, 0.15) is 29.3 Å². The highest BCUT2D eigenvalue weighted by atomic mass is 127. The zero-order valence-electron chi connectivity index (χ0n) is 18.8. The number of guanidine groups is 1. The first-order valence-electron chi connectivity index (χ1n) is 11.2. The molecular formula is C24H35IN4O2S. The van der Waals surface area contributed by atoms with Crippen LogP contribution in [-0.4, -0.2) is 70.5 Å². The van der Waals surface area contributed by atoms with Gasteiger partial charge in [0.15, 0.2) is 5.96 Å². The molecule has 2 aromatic rings. The Morgan fingerprint density at radius 1 is 1.03 bits per heavy atom. The average Bonchev–Trinajstić information content (AvgIpc) is 3.38. The lowest BCUT2D eigenvalue weighted by Crippen LogP contribution is -2.50. The van der Waals surface area contributed by atoms with E-state index >= 15 is 0 Å². The predicted octanol–water partition coefficient (Wildman–Crippen LogP) is 3.65. The molecule has 6 nitrogen and oxygen atoms in total. The van der Waals surface area contributed by atoms with Crippen molar-refractivity contribution in [1.82, 2.24) is 15.5 Å². The van der Waals surface area contributed by atoms with Gasteiger partial charge in [-0.3, -0.25) is 9.89 Å². The van der Waals surface area contributed by atoms with Crippen molar-refractivity contribution < 1.29 is 9.47 Å². The summed E-state index contributed by atoms with van der Waals surface area (Å²) in [5.74, 6) is 0.858. The second-order valence-electron chi connectivity index (χ2n) is 8.24. The number of morpholine rings is 1. The minimum absolute atomic E-state index is 0. The van der Waals surface area contributed by atoms with Crippen molar-refractivity contribution in [2.75, 3.05) is 59.7 Å². The van der Waals surface area contributed by atoms with Gasteiger partial charge in [-0.25, -0.2) is 0 Å². The van der Waals surface area contributed by atoms with Crippen LogP contribution in [0.3, 0.4) is 0 Å². The second kappa shape index (κ2) is 12.9. The van der Waals surface area contributed by atoms with E-state index in [9.17, 15) is 0 Å². The first kappa shape index (κ1) is 25.4. The summed E-state index contributed by atoms with van der Waals surface area (Å²) < 4.78 is 11.2. The van der Waals surface area contributed by atoms with Gasteiger partial charge >= 0.3 is 0 Å². The Labute approximate surface area is 212 Å². The highest BCUT2D eigenvalue weighted by molar-refractivity contribution is 14.0. The molecule has 176 valence electrons. The molecule has 2 aliphatic heterocycles. The first-order valence-corrected chi connectivity index (χ1v) is 12.1. The van der Waals surface area contributed by atoms with Gasteiger partial charge < -0.3 is 20.1 Å². The summed E-state index contributed by atoms with van der Waals surface area (Å²) in [6, 6.07) is 15.5. The summed E-state index contributed by atoms with van der Waals surface area (Å²) in [5, 5.41) is 9.38. The van der Waals surface area contributed by atoms with Crippen LogP contribution in [0.15, 0.2) is 52.8 Å². The maximum Gasteiger partial charge on any atom is 0.191 e. The minimum atomic E-state index is 0. The normalized spacial score (nSPS) is 20.2. The van der Waals surface area contributed by atoms with E-state index in [1.54, 1.807) is 0 Å². The van der Waals surface area contributed by atoms with Crippen LogP contribution in [0.25, 0.3) is 0 Å². The van der Waals surface area contributed by atoms with Gasteiger partial charge in [0.2, 0.25) is 0 Å². The van der Waals surface area contributed by atoms with Crippen molar-refractivity contribution in [3.63, 3.8) is 0 Å². The Hall–Kier alpha value is -1.20. The summed E-state index contributed by atoms with van der Waals surface area (Å²) in [6.45, 7) is 6.82. The lowest BCUT2D eigenvalue weighted by atomic mass is 9.74. The molecule has 3 heterocycles. The monoisotopic (exact) mass is 570 g/mol. The molecule has 0 saturated carbocycles. The molecule has 4 rings (SSSR count). The van der Waals surface area contributed by atoms with Crippen LogP contribution in [0, 0.1) is 0 Å². The lowest BCUT2D eigenvalue weighted by Gasteiger charge is -2.38. The van der Waals surface area contributed by atoms with Crippen molar-refractivity contribution in [1.29, 1.82) is 0 Å². The number of thiophene rings is 1. The topological polar surface area (TPSA) is 58.1 Å². The molecule has 2 N–H and O–H groups in total. The summed E-state index contributed by atoms with van der Waals surface area (Å²) in [6.07, 6.45) is 2.04. The van der Waals surface area contributed by atoms with Gasteiger partial charge in [-0.05, 0) is 29.9 Å². The highest BCUT2D eigenvalue weighted by Crippen LogP contribution is 2.34. The Bertz CT molecular complexity index is 807. The molecule has 8 heteroatoms.